The number of pyridine rings is 1. The van der Waals surface area contributed by atoms with E-state index in [9.17, 15) is 4.79 Å². The molecular weight excluding hydrogens is 144 g/mol. The number of aryl methyl sites for hydroxylation is 1. The van der Waals surface area contributed by atoms with E-state index >= 15 is 0 Å². The van der Waals surface area contributed by atoms with Crippen molar-refractivity contribution in [3.63, 3.8) is 0 Å². The second-order valence-corrected chi connectivity index (χ2v) is 2.09. The topological polar surface area (TPSA) is 62.2 Å². The zero-order valence-electron chi connectivity index (χ0n) is 6.03. The molecular formula is C7H8N2O2. The summed E-state index contributed by atoms with van der Waals surface area (Å²) >= 11 is 0. The van der Waals surface area contributed by atoms with E-state index < -0.39 is 6.09 Å². The van der Waals surface area contributed by atoms with Crippen LogP contribution in [0.15, 0.2) is 18.2 Å². The lowest BCUT2D eigenvalue weighted by atomic mass is 10.4. The normalized spacial score (nSPS) is 9.18. The highest BCUT2D eigenvalue weighted by atomic mass is 16.4. The Bertz CT molecular complexity index is 273. The van der Waals surface area contributed by atoms with Crippen LogP contribution >= 0.6 is 0 Å². The van der Waals surface area contributed by atoms with Gasteiger partial charge in [-0.05, 0) is 19.1 Å². The number of carboxylic acid groups (broad SMARTS) is 1. The first kappa shape index (κ1) is 7.53. The van der Waals surface area contributed by atoms with Gasteiger partial charge in [-0.2, -0.15) is 0 Å². The Morgan fingerprint density at radius 1 is 1.64 bits per heavy atom. The van der Waals surface area contributed by atoms with Crippen LogP contribution in [-0.2, 0) is 0 Å². The summed E-state index contributed by atoms with van der Waals surface area (Å²) in [6.45, 7) is 1.80. The van der Waals surface area contributed by atoms with Gasteiger partial charge in [0.05, 0.1) is 0 Å². The largest absolute Gasteiger partial charge is 0.465 e. The molecule has 2 N–H and O–H groups in total. The number of nitrogens with one attached hydrogen (secondary N) is 1. The molecule has 0 unspecified atom stereocenters. The third kappa shape index (κ3) is 2.25. The molecule has 4 nitrogen and oxygen atoms in total. The predicted molar refractivity (Wildman–Crippen MR) is 40.6 cm³/mol. The third-order valence-electron chi connectivity index (χ3n) is 1.12. The van der Waals surface area contributed by atoms with Gasteiger partial charge in [0.25, 0.3) is 0 Å². The summed E-state index contributed by atoms with van der Waals surface area (Å²) in [6.07, 6.45) is -1.09. The smallest absolute Gasteiger partial charge is 0.410 e. The summed E-state index contributed by atoms with van der Waals surface area (Å²) in [7, 11) is 0. The maximum absolute atomic E-state index is 10.1. The molecule has 58 valence electrons. The van der Waals surface area contributed by atoms with E-state index in [1.807, 2.05) is 0 Å². The molecule has 0 aliphatic carbocycles. The molecule has 1 rings (SSSR count). The quantitative estimate of drug-likeness (QED) is 0.640. The van der Waals surface area contributed by atoms with Crippen molar-refractivity contribution < 1.29 is 9.90 Å². The van der Waals surface area contributed by atoms with Gasteiger partial charge in [-0.15, -0.1) is 0 Å². The van der Waals surface area contributed by atoms with Gasteiger partial charge in [0.15, 0.2) is 0 Å². The van der Waals surface area contributed by atoms with Crippen LogP contribution < -0.4 is 5.32 Å². The SMILES string of the molecule is Cc1cccc(NC(=O)O)n1. The molecule has 0 spiro atoms. The molecule has 0 aliphatic heterocycles. The zero-order valence-corrected chi connectivity index (χ0v) is 6.03. The maximum Gasteiger partial charge on any atom is 0.410 e. The molecule has 0 aliphatic rings. The van der Waals surface area contributed by atoms with E-state index in [0.29, 0.717) is 5.82 Å². The number of nitrogens with zero attached hydrogens (tertiary/aromatic N) is 1. The zero-order chi connectivity index (χ0) is 8.27. The van der Waals surface area contributed by atoms with Gasteiger partial charge < -0.3 is 5.11 Å². The summed E-state index contributed by atoms with van der Waals surface area (Å²) in [5.41, 5.74) is 0.788. The summed E-state index contributed by atoms with van der Waals surface area (Å²) in [4.78, 5) is 14.1. The Morgan fingerprint density at radius 2 is 2.36 bits per heavy atom. The van der Waals surface area contributed by atoms with Crippen molar-refractivity contribution >= 4 is 11.9 Å². The predicted octanol–water partition coefficient (Wildman–Crippen LogP) is 1.48. The molecule has 11 heavy (non-hydrogen) atoms. The van der Waals surface area contributed by atoms with Gasteiger partial charge >= 0.3 is 6.09 Å². The molecule has 1 aromatic heterocycles. The van der Waals surface area contributed by atoms with E-state index in [-0.39, 0.29) is 0 Å². The van der Waals surface area contributed by atoms with Crippen LogP contribution in [0.1, 0.15) is 5.69 Å². The molecule has 1 heterocycles. The van der Waals surface area contributed by atoms with Crippen LogP contribution in [-0.4, -0.2) is 16.2 Å². The van der Waals surface area contributed by atoms with Gasteiger partial charge in [-0.25, -0.2) is 9.78 Å². The van der Waals surface area contributed by atoms with Gasteiger partial charge in [0.1, 0.15) is 5.82 Å². The fraction of sp³-hybridized carbons (Fsp3) is 0.143. The van der Waals surface area contributed by atoms with Crippen molar-refractivity contribution in [1.29, 1.82) is 0 Å². The molecule has 1 aromatic rings. The standard InChI is InChI=1S/C7H8N2O2/c1-5-3-2-4-6(8-5)9-7(10)11/h2-4H,1H3,(H,8,9)(H,10,11). The highest BCUT2D eigenvalue weighted by Crippen LogP contribution is 2.02. The molecule has 0 aromatic carbocycles. The van der Waals surface area contributed by atoms with Crippen LogP contribution in [0, 0.1) is 6.92 Å². The fourth-order valence-corrected chi connectivity index (χ4v) is 0.722. The fourth-order valence-electron chi connectivity index (χ4n) is 0.722. The van der Waals surface area contributed by atoms with Crippen molar-refractivity contribution in [1.82, 2.24) is 4.98 Å². The van der Waals surface area contributed by atoms with Crippen molar-refractivity contribution in [2.24, 2.45) is 0 Å². The van der Waals surface area contributed by atoms with E-state index in [4.69, 9.17) is 5.11 Å². The first-order valence-corrected chi connectivity index (χ1v) is 3.12. The summed E-state index contributed by atoms with van der Waals surface area (Å²) in [5, 5.41) is 10.5. The van der Waals surface area contributed by atoms with Gasteiger partial charge in [0, 0.05) is 5.69 Å². The average Bonchev–Trinajstić information content (AvgIpc) is 1.85. The van der Waals surface area contributed by atoms with Crippen molar-refractivity contribution in [3.05, 3.63) is 23.9 Å². The number of hydrogen-bond acceptors (Lipinski definition) is 2. The first-order valence-electron chi connectivity index (χ1n) is 3.12. The van der Waals surface area contributed by atoms with Crippen molar-refractivity contribution in [2.75, 3.05) is 5.32 Å². The summed E-state index contributed by atoms with van der Waals surface area (Å²) < 4.78 is 0. The number of rotatable bonds is 1. The minimum absolute atomic E-state index is 0.359. The van der Waals surface area contributed by atoms with E-state index in [1.54, 1.807) is 25.1 Å². The molecule has 0 atom stereocenters. The average molecular weight is 152 g/mol. The van der Waals surface area contributed by atoms with Crippen molar-refractivity contribution in [2.45, 2.75) is 6.92 Å². The summed E-state index contributed by atoms with van der Waals surface area (Å²) in [5.74, 6) is 0.359. The molecule has 0 bridgehead atoms. The van der Waals surface area contributed by atoms with Crippen LogP contribution in [0.2, 0.25) is 0 Å². The van der Waals surface area contributed by atoms with Crippen LogP contribution in [0.3, 0.4) is 0 Å². The minimum Gasteiger partial charge on any atom is -0.465 e. The second kappa shape index (κ2) is 3.01. The number of anilines is 1. The van der Waals surface area contributed by atoms with Gasteiger partial charge in [0.2, 0.25) is 0 Å². The molecule has 0 saturated carbocycles. The Morgan fingerprint density at radius 3 is 2.91 bits per heavy atom. The summed E-state index contributed by atoms with van der Waals surface area (Å²) in [6, 6.07) is 5.14. The van der Waals surface area contributed by atoms with E-state index in [2.05, 4.69) is 10.3 Å². The molecule has 0 fully saturated rings. The Labute approximate surface area is 63.9 Å². The minimum atomic E-state index is -1.09. The van der Waals surface area contributed by atoms with Crippen molar-refractivity contribution in [3.8, 4) is 0 Å². The van der Waals surface area contributed by atoms with Crippen LogP contribution in [0.5, 0.6) is 0 Å². The second-order valence-electron chi connectivity index (χ2n) is 2.09. The lowest BCUT2D eigenvalue weighted by Crippen LogP contribution is -2.08. The lowest BCUT2D eigenvalue weighted by molar-refractivity contribution is 0.209. The van der Waals surface area contributed by atoms with Crippen LogP contribution in [0.4, 0.5) is 10.6 Å². The van der Waals surface area contributed by atoms with Crippen LogP contribution in [0.25, 0.3) is 0 Å². The van der Waals surface area contributed by atoms with E-state index in [1.165, 1.54) is 0 Å². The van der Waals surface area contributed by atoms with Gasteiger partial charge in [-0.1, -0.05) is 6.07 Å². The first-order chi connectivity index (χ1) is 5.18. The third-order valence-corrected chi connectivity index (χ3v) is 1.12. The molecule has 0 radical (unpaired) electrons. The Hall–Kier alpha value is -1.58. The van der Waals surface area contributed by atoms with E-state index in [0.717, 1.165) is 5.69 Å². The maximum atomic E-state index is 10.1. The number of amides is 1. The van der Waals surface area contributed by atoms with Gasteiger partial charge in [-0.3, -0.25) is 5.32 Å². The number of hydrogen-bond donors (Lipinski definition) is 2. The molecule has 0 saturated heterocycles. The molecule has 4 heteroatoms. The Kier molecular flexibility index (Phi) is 2.06. The number of aromatic nitrogens is 1. The highest BCUT2D eigenvalue weighted by molar-refractivity contribution is 5.81. The monoisotopic (exact) mass is 152 g/mol. The lowest BCUT2D eigenvalue weighted by Gasteiger charge is -1.98. The Balaban J connectivity index is 2.79. The highest BCUT2D eigenvalue weighted by Gasteiger charge is 1.97. The molecule has 1 amide bonds. The number of carbonyl (C=O) groups is 1.